The average Bonchev–Trinajstić information content (AvgIpc) is 2.51. The summed E-state index contributed by atoms with van der Waals surface area (Å²) in [5.41, 5.74) is 1.68. The third kappa shape index (κ3) is 6.29. The molecule has 122 valence electrons. The maximum absolute atomic E-state index is 12.0. The van der Waals surface area contributed by atoms with Crippen molar-refractivity contribution in [2.24, 2.45) is 11.8 Å². The van der Waals surface area contributed by atoms with Crippen molar-refractivity contribution >= 4 is 17.6 Å². The fourth-order valence-corrected chi connectivity index (χ4v) is 1.91. The first-order chi connectivity index (χ1) is 10.4. The molecule has 1 amide bonds. The lowest BCUT2D eigenvalue weighted by molar-refractivity contribution is -0.148. The normalized spacial score (nSPS) is 12.0. The average molecular weight is 305 g/mol. The van der Waals surface area contributed by atoms with Gasteiger partial charge in [-0.3, -0.25) is 9.59 Å². The van der Waals surface area contributed by atoms with Crippen molar-refractivity contribution in [3.05, 3.63) is 29.8 Å². The van der Waals surface area contributed by atoms with Gasteiger partial charge in [0.15, 0.2) is 0 Å². The number of nitrogens with one attached hydrogen (secondary N) is 1. The van der Waals surface area contributed by atoms with E-state index < -0.39 is 0 Å². The Labute approximate surface area is 133 Å². The molecule has 1 aromatic rings. The molecule has 4 nitrogen and oxygen atoms in total. The summed E-state index contributed by atoms with van der Waals surface area (Å²) in [4.78, 5) is 23.4. The lowest BCUT2D eigenvalue weighted by Gasteiger charge is -2.12. The number of rotatable bonds is 8. The van der Waals surface area contributed by atoms with Crippen LogP contribution in [0.2, 0.25) is 0 Å². The highest BCUT2D eigenvalue weighted by atomic mass is 16.5. The molecule has 1 N–H and O–H groups in total. The largest absolute Gasteiger partial charge is 0.461 e. The molecule has 0 bridgehead atoms. The van der Waals surface area contributed by atoms with Crippen molar-refractivity contribution < 1.29 is 14.3 Å². The van der Waals surface area contributed by atoms with Gasteiger partial charge < -0.3 is 10.1 Å². The lowest BCUT2D eigenvalue weighted by Crippen LogP contribution is -2.20. The molecule has 0 heterocycles. The van der Waals surface area contributed by atoms with Crippen LogP contribution in [0, 0.1) is 11.8 Å². The molecule has 1 aromatic carbocycles. The fraction of sp³-hybridized carbons (Fsp3) is 0.556. The van der Waals surface area contributed by atoms with Gasteiger partial charge in [-0.15, -0.1) is 0 Å². The molecular formula is C18H27NO3. The number of ether oxygens (including phenoxy) is 1. The molecule has 0 fully saturated rings. The van der Waals surface area contributed by atoms with Crippen LogP contribution >= 0.6 is 0 Å². The summed E-state index contributed by atoms with van der Waals surface area (Å²) < 4.78 is 5.17. The zero-order valence-electron chi connectivity index (χ0n) is 14.0. The highest BCUT2D eigenvalue weighted by Crippen LogP contribution is 2.14. The van der Waals surface area contributed by atoms with E-state index in [1.54, 1.807) is 13.8 Å². The Morgan fingerprint density at radius 2 is 1.77 bits per heavy atom. The summed E-state index contributed by atoms with van der Waals surface area (Å²) in [6, 6.07) is 7.39. The van der Waals surface area contributed by atoms with Gasteiger partial charge in [0.1, 0.15) is 6.61 Å². The quantitative estimate of drug-likeness (QED) is 0.734. The van der Waals surface area contributed by atoms with Crippen molar-refractivity contribution in [1.29, 1.82) is 0 Å². The van der Waals surface area contributed by atoms with E-state index in [0.29, 0.717) is 0 Å². The van der Waals surface area contributed by atoms with E-state index in [1.807, 2.05) is 31.2 Å². The zero-order valence-corrected chi connectivity index (χ0v) is 14.0. The Morgan fingerprint density at radius 3 is 2.32 bits per heavy atom. The summed E-state index contributed by atoms with van der Waals surface area (Å²) in [6.45, 7) is 7.94. The van der Waals surface area contributed by atoms with E-state index in [4.69, 9.17) is 4.74 Å². The van der Waals surface area contributed by atoms with Crippen LogP contribution in [0.5, 0.6) is 0 Å². The van der Waals surface area contributed by atoms with Crippen LogP contribution in [-0.4, -0.2) is 11.9 Å². The van der Waals surface area contributed by atoms with Gasteiger partial charge in [0.25, 0.3) is 0 Å². The molecule has 0 aliphatic heterocycles. The molecule has 1 unspecified atom stereocenters. The molecule has 0 saturated heterocycles. The summed E-state index contributed by atoms with van der Waals surface area (Å²) in [5.74, 6) is -0.260. The predicted octanol–water partition coefficient (Wildman–Crippen LogP) is 4.15. The highest BCUT2D eigenvalue weighted by Gasteiger charge is 2.12. The minimum atomic E-state index is -0.206. The number of carbonyl (C=O) groups is 2. The monoisotopic (exact) mass is 305 g/mol. The van der Waals surface area contributed by atoms with E-state index >= 15 is 0 Å². The van der Waals surface area contributed by atoms with Gasteiger partial charge in [0.05, 0.1) is 5.92 Å². The van der Waals surface area contributed by atoms with Crippen molar-refractivity contribution in [3.63, 3.8) is 0 Å². The molecule has 0 aliphatic carbocycles. The summed E-state index contributed by atoms with van der Waals surface area (Å²) in [6.07, 6.45) is 3.07. The van der Waals surface area contributed by atoms with Crippen molar-refractivity contribution in [1.82, 2.24) is 0 Å². The minimum absolute atomic E-state index is 0.0200. The van der Waals surface area contributed by atoms with E-state index in [2.05, 4.69) is 12.2 Å². The third-order valence-electron chi connectivity index (χ3n) is 3.51. The first kappa shape index (κ1) is 18.2. The first-order valence-electron chi connectivity index (χ1n) is 8.00. The number of unbranched alkanes of at least 4 members (excludes halogenated alkanes) is 1. The van der Waals surface area contributed by atoms with Crippen molar-refractivity contribution in [2.45, 2.75) is 53.6 Å². The Bertz CT molecular complexity index is 480. The van der Waals surface area contributed by atoms with Crippen LogP contribution in [0.1, 0.15) is 52.5 Å². The standard InChI is InChI=1S/C18H27NO3/c1-5-6-7-14(4)17(20)19-16-10-8-15(9-11-16)12-22-18(21)13(2)3/h8-11,13-14H,5-7,12H2,1-4H3,(H,19,20). The molecule has 0 spiro atoms. The van der Waals surface area contributed by atoms with Gasteiger partial charge in [-0.25, -0.2) is 0 Å². The molecule has 4 heteroatoms. The molecule has 22 heavy (non-hydrogen) atoms. The number of amides is 1. The van der Waals surface area contributed by atoms with Crippen LogP contribution in [-0.2, 0) is 20.9 Å². The Balaban J connectivity index is 2.47. The summed E-state index contributed by atoms with van der Waals surface area (Å²) in [5, 5.41) is 2.91. The second-order valence-electron chi connectivity index (χ2n) is 5.99. The first-order valence-corrected chi connectivity index (χ1v) is 8.00. The van der Waals surface area contributed by atoms with E-state index in [9.17, 15) is 9.59 Å². The number of hydrogen-bond acceptors (Lipinski definition) is 3. The number of benzene rings is 1. The lowest BCUT2D eigenvalue weighted by atomic mass is 10.0. The number of carbonyl (C=O) groups excluding carboxylic acids is 2. The summed E-state index contributed by atoms with van der Waals surface area (Å²) >= 11 is 0. The molecule has 0 aromatic heterocycles. The van der Waals surface area contributed by atoms with Gasteiger partial charge in [-0.2, -0.15) is 0 Å². The van der Waals surface area contributed by atoms with Crippen LogP contribution in [0.25, 0.3) is 0 Å². The van der Waals surface area contributed by atoms with Crippen LogP contribution < -0.4 is 5.32 Å². The topological polar surface area (TPSA) is 55.4 Å². The smallest absolute Gasteiger partial charge is 0.308 e. The maximum Gasteiger partial charge on any atom is 0.308 e. The molecular weight excluding hydrogens is 278 g/mol. The number of anilines is 1. The minimum Gasteiger partial charge on any atom is -0.461 e. The van der Waals surface area contributed by atoms with Crippen molar-refractivity contribution in [3.8, 4) is 0 Å². The van der Waals surface area contributed by atoms with Crippen LogP contribution in [0.3, 0.4) is 0 Å². The highest BCUT2D eigenvalue weighted by molar-refractivity contribution is 5.92. The predicted molar refractivity (Wildman–Crippen MR) is 88.4 cm³/mol. The van der Waals surface area contributed by atoms with E-state index in [0.717, 1.165) is 30.5 Å². The second-order valence-corrected chi connectivity index (χ2v) is 5.99. The maximum atomic E-state index is 12.0. The van der Waals surface area contributed by atoms with Gasteiger partial charge in [-0.05, 0) is 24.1 Å². The second kappa shape index (κ2) is 9.23. The summed E-state index contributed by atoms with van der Waals surface area (Å²) in [7, 11) is 0. The van der Waals surface area contributed by atoms with Gasteiger partial charge in [0, 0.05) is 11.6 Å². The molecule has 0 radical (unpaired) electrons. The Morgan fingerprint density at radius 1 is 1.14 bits per heavy atom. The van der Waals surface area contributed by atoms with Gasteiger partial charge in [-0.1, -0.05) is 52.7 Å². The zero-order chi connectivity index (χ0) is 16.5. The van der Waals surface area contributed by atoms with Crippen LogP contribution in [0.4, 0.5) is 5.69 Å². The molecule has 1 rings (SSSR count). The SMILES string of the molecule is CCCCC(C)C(=O)Nc1ccc(COC(=O)C(C)C)cc1. The third-order valence-corrected chi connectivity index (χ3v) is 3.51. The Hall–Kier alpha value is -1.84. The van der Waals surface area contributed by atoms with Gasteiger partial charge >= 0.3 is 5.97 Å². The fourth-order valence-electron chi connectivity index (χ4n) is 1.91. The molecule has 1 atom stereocenters. The van der Waals surface area contributed by atoms with E-state index in [-0.39, 0.29) is 30.3 Å². The number of esters is 1. The van der Waals surface area contributed by atoms with Crippen LogP contribution in [0.15, 0.2) is 24.3 Å². The number of hydrogen-bond donors (Lipinski definition) is 1. The van der Waals surface area contributed by atoms with Gasteiger partial charge in [0.2, 0.25) is 5.91 Å². The van der Waals surface area contributed by atoms with Crippen molar-refractivity contribution in [2.75, 3.05) is 5.32 Å². The van der Waals surface area contributed by atoms with E-state index in [1.165, 1.54) is 0 Å². The Kier molecular flexibility index (Phi) is 7.64. The molecule has 0 aliphatic rings. The molecule has 0 saturated carbocycles.